The zero-order valence-electron chi connectivity index (χ0n) is 8.00. The minimum absolute atomic E-state index is 0.000278. The van der Waals surface area contributed by atoms with Gasteiger partial charge in [0, 0.05) is 12.6 Å². The van der Waals surface area contributed by atoms with Gasteiger partial charge in [0.05, 0.1) is 13.2 Å². The van der Waals surface area contributed by atoms with Crippen LogP contribution in [0.3, 0.4) is 0 Å². The monoisotopic (exact) mass is 174 g/mol. The van der Waals surface area contributed by atoms with Crippen LogP contribution in [-0.4, -0.2) is 48.7 Å². The Labute approximate surface area is 73.6 Å². The fraction of sp³-hybridized carbons (Fsp3) is 0.875. The van der Waals surface area contributed by atoms with E-state index in [1.54, 1.807) is 0 Å². The van der Waals surface area contributed by atoms with E-state index in [0.717, 1.165) is 0 Å². The van der Waals surface area contributed by atoms with Crippen molar-refractivity contribution in [1.82, 2.24) is 10.2 Å². The average Bonchev–Trinajstić information content (AvgIpc) is 2.03. The normalized spacial score (nSPS) is 13.1. The van der Waals surface area contributed by atoms with Crippen LogP contribution in [0.15, 0.2) is 0 Å². The molecule has 72 valence electrons. The van der Waals surface area contributed by atoms with Crippen LogP contribution in [-0.2, 0) is 4.79 Å². The van der Waals surface area contributed by atoms with Gasteiger partial charge in [-0.2, -0.15) is 0 Å². The number of carbonyl (C=O) groups is 1. The van der Waals surface area contributed by atoms with E-state index in [0.29, 0.717) is 13.1 Å². The summed E-state index contributed by atoms with van der Waals surface area (Å²) in [5.41, 5.74) is 0. The Hall–Kier alpha value is -0.610. The van der Waals surface area contributed by atoms with Crippen LogP contribution < -0.4 is 5.32 Å². The van der Waals surface area contributed by atoms with Crippen LogP contribution in [0.2, 0.25) is 0 Å². The summed E-state index contributed by atoms with van der Waals surface area (Å²) in [6.45, 7) is 4.83. The summed E-state index contributed by atoms with van der Waals surface area (Å²) in [6.07, 6.45) is 0. The standard InChI is InChI=1S/C8H18N2O2/c1-4-9-8(12)5-10(3)7(2)6-11/h7,11H,4-6H2,1-3H3,(H,9,12). The van der Waals surface area contributed by atoms with Gasteiger partial charge in [0.15, 0.2) is 0 Å². The van der Waals surface area contributed by atoms with E-state index in [4.69, 9.17) is 5.11 Å². The van der Waals surface area contributed by atoms with Crippen molar-refractivity contribution in [1.29, 1.82) is 0 Å². The van der Waals surface area contributed by atoms with E-state index in [1.165, 1.54) is 0 Å². The first-order valence-corrected chi connectivity index (χ1v) is 4.19. The first kappa shape index (κ1) is 11.4. The predicted octanol–water partition coefficient (Wildman–Crippen LogP) is -0.565. The zero-order chi connectivity index (χ0) is 9.56. The largest absolute Gasteiger partial charge is 0.395 e. The fourth-order valence-electron chi connectivity index (χ4n) is 0.775. The number of aliphatic hydroxyl groups is 1. The van der Waals surface area contributed by atoms with Gasteiger partial charge in [-0.05, 0) is 20.9 Å². The van der Waals surface area contributed by atoms with E-state index >= 15 is 0 Å². The summed E-state index contributed by atoms with van der Waals surface area (Å²) in [7, 11) is 1.82. The van der Waals surface area contributed by atoms with Gasteiger partial charge in [-0.1, -0.05) is 0 Å². The highest BCUT2D eigenvalue weighted by molar-refractivity contribution is 5.77. The number of carbonyl (C=O) groups excluding carboxylic acids is 1. The third-order valence-corrected chi connectivity index (χ3v) is 1.78. The number of nitrogens with zero attached hydrogens (tertiary/aromatic N) is 1. The number of nitrogens with one attached hydrogen (secondary N) is 1. The molecule has 1 atom stereocenters. The maximum Gasteiger partial charge on any atom is 0.234 e. The molecule has 0 spiro atoms. The first-order chi connectivity index (χ1) is 5.61. The van der Waals surface area contributed by atoms with Crippen molar-refractivity contribution in [2.45, 2.75) is 19.9 Å². The van der Waals surface area contributed by atoms with Crippen LogP contribution >= 0.6 is 0 Å². The number of hydrogen-bond acceptors (Lipinski definition) is 3. The van der Waals surface area contributed by atoms with Crippen molar-refractivity contribution < 1.29 is 9.90 Å². The van der Waals surface area contributed by atoms with Gasteiger partial charge in [0.1, 0.15) is 0 Å². The maximum atomic E-state index is 11.0. The lowest BCUT2D eigenvalue weighted by Crippen LogP contribution is -2.40. The van der Waals surface area contributed by atoms with Gasteiger partial charge >= 0.3 is 0 Å². The fourth-order valence-corrected chi connectivity index (χ4v) is 0.775. The minimum Gasteiger partial charge on any atom is -0.395 e. The molecule has 1 unspecified atom stereocenters. The van der Waals surface area contributed by atoms with Crippen molar-refractivity contribution >= 4 is 5.91 Å². The molecule has 0 aromatic rings. The van der Waals surface area contributed by atoms with Crippen molar-refractivity contribution in [3.05, 3.63) is 0 Å². The molecule has 0 aliphatic heterocycles. The summed E-state index contributed by atoms with van der Waals surface area (Å²) in [6, 6.07) is 0.0348. The third-order valence-electron chi connectivity index (χ3n) is 1.78. The SMILES string of the molecule is CCNC(=O)CN(C)C(C)CO. The molecule has 0 bridgehead atoms. The van der Waals surface area contributed by atoms with E-state index in [-0.39, 0.29) is 18.6 Å². The molecule has 0 aromatic heterocycles. The molecular formula is C8H18N2O2. The summed E-state index contributed by atoms with van der Waals surface area (Å²) in [5.74, 6) is 0.000278. The molecule has 0 aliphatic carbocycles. The van der Waals surface area contributed by atoms with Crippen molar-refractivity contribution in [2.75, 3.05) is 26.7 Å². The second-order valence-corrected chi connectivity index (χ2v) is 2.90. The van der Waals surface area contributed by atoms with Crippen molar-refractivity contribution in [2.24, 2.45) is 0 Å². The number of hydrogen-bond donors (Lipinski definition) is 2. The van der Waals surface area contributed by atoms with Crippen LogP contribution in [0.5, 0.6) is 0 Å². The molecule has 0 heterocycles. The molecule has 2 N–H and O–H groups in total. The van der Waals surface area contributed by atoms with Gasteiger partial charge in [-0.25, -0.2) is 0 Å². The van der Waals surface area contributed by atoms with E-state index < -0.39 is 0 Å². The predicted molar refractivity (Wildman–Crippen MR) is 47.9 cm³/mol. The molecule has 1 amide bonds. The summed E-state index contributed by atoms with van der Waals surface area (Å²) in [5, 5.41) is 11.5. The molecule has 0 radical (unpaired) electrons. The van der Waals surface area contributed by atoms with Gasteiger partial charge in [0.2, 0.25) is 5.91 Å². The van der Waals surface area contributed by atoms with Crippen LogP contribution in [0, 0.1) is 0 Å². The molecular weight excluding hydrogens is 156 g/mol. The Morgan fingerprint density at radius 3 is 2.67 bits per heavy atom. The Kier molecular flexibility index (Phi) is 5.66. The zero-order valence-corrected chi connectivity index (χ0v) is 8.00. The molecule has 0 aromatic carbocycles. The molecule has 4 nitrogen and oxygen atoms in total. The number of rotatable bonds is 5. The van der Waals surface area contributed by atoms with Crippen LogP contribution in [0.4, 0.5) is 0 Å². The average molecular weight is 174 g/mol. The molecule has 0 saturated heterocycles. The lowest BCUT2D eigenvalue weighted by molar-refractivity contribution is -0.122. The molecule has 0 saturated carbocycles. The van der Waals surface area contributed by atoms with Gasteiger partial charge in [0.25, 0.3) is 0 Å². The maximum absolute atomic E-state index is 11.0. The van der Waals surface area contributed by atoms with Gasteiger partial charge in [-0.3, -0.25) is 9.69 Å². The minimum atomic E-state index is 0.000278. The quantitative estimate of drug-likeness (QED) is 0.587. The van der Waals surface area contributed by atoms with Crippen LogP contribution in [0.25, 0.3) is 0 Å². The number of aliphatic hydroxyl groups excluding tert-OH is 1. The van der Waals surface area contributed by atoms with E-state index in [1.807, 2.05) is 25.8 Å². The molecule has 0 rings (SSSR count). The second kappa shape index (κ2) is 5.97. The topological polar surface area (TPSA) is 52.6 Å². The summed E-state index contributed by atoms with van der Waals surface area (Å²) < 4.78 is 0. The van der Waals surface area contributed by atoms with Crippen molar-refractivity contribution in [3.8, 4) is 0 Å². The smallest absolute Gasteiger partial charge is 0.234 e. The van der Waals surface area contributed by atoms with Gasteiger partial charge in [-0.15, -0.1) is 0 Å². The second-order valence-electron chi connectivity index (χ2n) is 2.90. The third kappa shape index (κ3) is 4.31. The Balaban J connectivity index is 3.67. The molecule has 0 fully saturated rings. The highest BCUT2D eigenvalue weighted by Crippen LogP contribution is 1.92. The highest BCUT2D eigenvalue weighted by atomic mass is 16.3. The lowest BCUT2D eigenvalue weighted by Gasteiger charge is -2.21. The molecule has 4 heteroatoms. The Morgan fingerprint density at radius 2 is 2.25 bits per heavy atom. The Bertz CT molecular complexity index is 139. The molecule has 12 heavy (non-hydrogen) atoms. The first-order valence-electron chi connectivity index (χ1n) is 4.19. The Morgan fingerprint density at radius 1 is 1.67 bits per heavy atom. The highest BCUT2D eigenvalue weighted by Gasteiger charge is 2.10. The number of amides is 1. The van der Waals surface area contributed by atoms with Crippen molar-refractivity contribution in [3.63, 3.8) is 0 Å². The van der Waals surface area contributed by atoms with Gasteiger partial charge < -0.3 is 10.4 Å². The van der Waals surface area contributed by atoms with E-state index in [2.05, 4.69) is 5.32 Å². The van der Waals surface area contributed by atoms with E-state index in [9.17, 15) is 4.79 Å². The molecule has 0 aliphatic rings. The summed E-state index contributed by atoms with van der Waals surface area (Å²) in [4.78, 5) is 12.8. The number of likely N-dealkylation sites (N-methyl/N-ethyl adjacent to an activating group) is 2. The lowest BCUT2D eigenvalue weighted by atomic mass is 10.3. The summed E-state index contributed by atoms with van der Waals surface area (Å²) >= 11 is 0. The van der Waals surface area contributed by atoms with Crippen LogP contribution in [0.1, 0.15) is 13.8 Å².